The first-order valence-electron chi connectivity index (χ1n) is 18.1. The zero-order valence-corrected chi connectivity index (χ0v) is 31.4. The average molecular weight is 590 g/mol. The molecule has 40 heavy (non-hydrogen) atoms. The number of aliphatic carboxylic acids is 1. The summed E-state index contributed by atoms with van der Waals surface area (Å²) in [5.41, 5.74) is 0. The molecule has 4 heteroatoms. The van der Waals surface area contributed by atoms with Crippen LogP contribution >= 0.6 is 0 Å². The molecule has 0 aliphatic heterocycles. The monoisotopic (exact) mass is 590 g/mol. The molecule has 0 saturated carbocycles. The van der Waals surface area contributed by atoms with Crippen LogP contribution in [-0.4, -0.2) is 30.0 Å². The first kappa shape index (κ1) is 43.2. The number of carbonyl (C=O) groups is 1. The summed E-state index contributed by atoms with van der Waals surface area (Å²) in [5.74, 6) is -0.893. The molecule has 3 nitrogen and oxygen atoms in total. The number of unbranched alkanes of at least 4 members (excludes halogenated alkanes) is 24. The van der Waals surface area contributed by atoms with E-state index in [1.807, 2.05) is 0 Å². The predicted molar refractivity (Wildman–Crippen MR) is 171 cm³/mol. The van der Waals surface area contributed by atoms with Crippen molar-refractivity contribution < 1.29 is 61.3 Å². The quantitative estimate of drug-likeness (QED) is 0.0580. The minimum absolute atomic E-state index is 0. The molecule has 0 bridgehead atoms. The van der Waals surface area contributed by atoms with Gasteiger partial charge in [-0.3, -0.25) is 0 Å². The van der Waals surface area contributed by atoms with Crippen LogP contribution in [0.25, 0.3) is 0 Å². The van der Waals surface area contributed by atoms with Crippen molar-refractivity contribution in [3.8, 4) is 0 Å². The number of rotatable bonds is 33. The Balaban J connectivity index is 0. The van der Waals surface area contributed by atoms with Crippen molar-refractivity contribution in [1.29, 1.82) is 0 Å². The first-order chi connectivity index (χ1) is 19.2. The molecular formula is C36H72KNO2. The van der Waals surface area contributed by atoms with Gasteiger partial charge in [-0.15, -0.1) is 0 Å². The van der Waals surface area contributed by atoms with Gasteiger partial charge in [-0.1, -0.05) is 175 Å². The third kappa shape index (κ3) is 32.0. The van der Waals surface area contributed by atoms with Gasteiger partial charge < -0.3 is 14.8 Å². The summed E-state index contributed by atoms with van der Waals surface area (Å²) in [7, 11) is 0. The Bertz CT molecular complexity index is 457. The number of hydrogen-bond acceptors (Lipinski definition) is 3. The Morgan fingerprint density at radius 2 is 0.775 bits per heavy atom. The molecule has 0 heterocycles. The van der Waals surface area contributed by atoms with E-state index in [1.54, 1.807) is 0 Å². The Labute approximate surface area is 295 Å². The van der Waals surface area contributed by atoms with Crippen molar-refractivity contribution in [3.63, 3.8) is 0 Å². The summed E-state index contributed by atoms with van der Waals surface area (Å²) in [6.45, 7) is 9.08. The fourth-order valence-corrected chi connectivity index (χ4v) is 6.07. The van der Waals surface area contributed by atoms with E-state index in [2.05, 4.69) is 25.7 Å². The number of nitrogens with zero attached hydrogens (tertiary/aromatic N) is 1. The van der Waals surface area contributed by atoms with Gasteiger partial charge in [-0.2, -0.15) is 0 Å². The van der Waals surface area contributed by atoms with E-state index in [4.69, 9.17) is 0 Å². The average Bonchev–Trinajstić information content (AvgIpc) is 2.93. The van der Waals surface area contributed by atoms with E-state index in [1.165, 1.54) is 167 Å². The van der Waals surface area contributed by atoms with Crippen LogP contribution in [0.15, 0.2) is 0 Å². The van der Waals surface area contributed by atoms with Crippen LogP contribution in [0.1, 0.15) is 207 Å². The smallest absolute Gasteiger partial charge is 0.550 e. The molecule has 0 aliphatic rings. The van der Waals surface area contributed by atoms with E-state index in [-0.39, 0.29) is 57.8 Å². The molecule has 0 amide bonds. The number of hydrogen-bond donors (Lipinski definition) is 0. The van der Waals surface area contributed by atoms with Crippen LogP contribution in [0, 0.1) is 0 Å². The van der Waals surface area contributed by atoms with Crippen molar-refractivity contribution in [2.75, 3.05) is 13.1 Å². The maximum atomic E-state index is 11.1. The van der Waals surface area contributed by atoms with Crippen LogP contribution in [0.3, 0.4) is 0 Å². The van der Waals surface area contributed by atoms with Crippen LogP contribution in [0.5, 0.6) is 0 Å². The molecule has 0 aromatic carbocycles. The van der Waals surface area contributed by atoms with Crippen LogP contribution in [0.4, 0.5) is 0 Å². The third-order valence-electron chi connectivity index (χ3n) is 8.77. The van der Waals surface area contributed by atoms with Gasteiger partial charge in [0.25, 0.3) is 0 Å². The summed E-state index contributed by atoms with van der Waals surface area (Å²) < 4.78 is 0. The fraction of sp³-hybridized carbons (Fsp3) is 0.972. The topological polar surface area (TPSA) is 43.4 Å². The van der Waals surface area contributed by atoms with Gasteiger partial charge in [0, 0.05) is 12.0 Å². The maximum Gasteiger partial charge on any atom is 1.00 e. The maximum absolute atomic E-state index is 11.1. The molecule has 0 spiro atoms. The Morgan fingerprint density at radius 1 is 0.500 bits per heavy atom. The first-order valence-corrected chi connectivity index (χ1v) is 18.1. The van der Waals surface area contributed by atoms with E-state index in [0.717, 1.165) is 25.9 Å². The van der Waals surface area contributed by atoms with Crippen molar-refractivity contribution in [2.24, 2.45) is 0 Å². The SMILES string of the molecule is CCCCCCCCCCCCCCCN(CCCCCCCCCCCCCCC)C(CC)CCC(=O)[O-].[K+]. The predicted octanol–water partition coefficient (Wildman–Crippen LogP) is 7.78. The van der Waals surface area contributed by atoms with Gasteiger partial charge in [0.05, 0.1) is 0 Å². The van der Waals surface area contributed by atoms with Crippen LogP contribution < -0.4 is 56.5 Å². The second kappa shape index (κ2) is 36.3. The second-order valence-corrected chi connectivity index (χ2v) is 12.5. The van der Waals surface area contributed by atoms with Crippen LogP contribution in [-0.2, 0) is 4.79 Å². The Hall–Kier alpha value is 1.07. The Kier molecular flexibility index (Phi) is 39.2. The van der Waals surface area contributed by atoms with E-state index in [0.29, 0.717) is 6.04 Å². The standard InChI is InChI=1S/C36H73NO2.K/c1-4-7-9-11-13-15-17-19-21-23-25-27-29-33-37(35(6-3)31-32-36(38)39)34-30-28-26-24-22-20-18-16-14-12-10-8-5-2;/h35H,4-34H2,1-3H3,(H,38,39);/q;+1/p-1. The molecule has 0 rings (SSSR count). The van der Waals surface area contributed by atoms with Crippen molar-refractivity contribution in [1.82, 2.24) is 4.90 Å². The zero-order chi connectivity index (χ0) is 28.7. The molecule has 1 unspecified atom stereocenters. The summed E-state index contributed by atoms with van der Waals surface area (Å²) in [6, 6.07) is 0.401. The Morgan fingerprint density at radius 3 is 1.02 bits per heavy atom. The van der Waals surface area contributed by atoms with Gasteiger partial charge in [-0.05, 0) is 45.2 Å². The molecule has 234 valence electrons. The molecule has 0 N–H and O–H groups in total. The summed E-state index contributed by atoms with van der Waals surface area (Å²) in [6.07, 6.45) is 38.1. The molecule has 0 aromatic rings. The summed E-state index contributed by atoms with van der Waals surface area (Å²) >= 11 is 0. The number of carboxylic acid groups (broad SMARTS) is 1. The van der Waals surface area contributed by atoms with E-state index in [9.17, 15) is 9.90 Å². The van der Waals surface area contributed by atoms with Gasteiger partial charge in [0.2, 0.25) is 0 Å². The third-order valence-corrected chi connectivity index (χ3v) is 8.77. The number of carbonyl (C=O) groups excluding carboxylic acids is 1. The van der Waals surface area contributed by atoms with Gasteiger partial charge >= 0.3 is 51.4 Å². The molecule has 0 aliphatic carbocycles. The molecule has 1 atom stereocenters. The molecule has 0 aromatic heterocycles. The fourth-order valence-electron chi connectivity index (χ4n) is 6.07. The number of carboxylic acids is 1. The van der Waals surface area contributed by atoms with Crippen molar-refractivity contribution >= 4 is 5.97 Å². The van der Waals surface area contributed by atoms with Crippen molar-refractivity contribution in [2.45, 2.75) is 213 Å². The normalized spacial score (nSPS) is 12.1. The molecule has 0 radical (unpaired) electrons. The molecule has 0 saturated heterocycles. The van der Waals surface area contributed by atoms with Crippen molar-refractivity contribution in [3.05, 3.63) is 0 Å². The molecular weight excluding hydrogens is 517 g/mol. The zero-order valence-electron chi connectivity index (χ0n) is 28.3. The summed E-state index contributed by atoms with van der Waals surface area (Å²) in [5, 5.41) is 11.1. The van der Waals surface area contributed by atoms with Gasteiger partial charge in [0.15, 0.2) is 0 Å². The van der Waals surface area contributed by atoms with Gasteiger partial charge in [-0.25, -0.2) is 0 Å². The molecule has 0 fully saturated rings. The minimum atomic E-state index is -0.893. The van der Waals surface area contributed by atoms with Gasteiger partial charge in [0.1, 0.15) is 0 Å². The summed E-state index contributed by atoms with van der Waals surface area (Å²) in [4.78, 5) is 13.7. The second-order valence-electron chi connectivity index (χ2n) is 12.5. The largest absolute Gasteiger partial charge is 1.00 e. The minimum Gasteiger partial charge on any atom is -0.550 e. The van der Waals surface area contributed by atoms with E-state index < -0.39 is 5.97 Å². The van der Waals surface area contributed by atoms with Crippen LogP contribution in [0.2, 0.25) is 0 Å². The van der Waals surface area contributed by atoms with E-state index >= 15 is 0 Å².